The number of hydrogen-bond donors (Lipinski definition) is 2. The smallest absolute Gasteiger partial charge is 0.223 e. The SMILES string of the molecule is Cc1ccsc1C(O)CNC(=O)C1CC1. The zero-order chi connectivity index (χ0) is 10.8. The molecule has 15 heavy (non-hydrogen) atoms. The van der Waals surface area contributed by atoms with Gasteiger partial charge in [0.05, 0.1) is 0 Å². The van der Waals surface area contributed by atoms with Crippen LogP contribution in [0.25, 0.3) is 0 Å². The first-order valence-electron chi connectivity index (χ1n) is 5.18. The number of rotatable bonds is 4. The first-order valence-corrected chi connectivity index (χ1v) is 6.06. The van der Waals surface area contributed by atoms with Gasteiger partial charge in [0.25, 0.3) is 0 Å². The van der Waals surface area contributed by atoms with Crippen molar-refractivity contribution in [2.24, 2.45) is 5.92 Å². The van der Waals surface area contributed by atoms with Gasteiger partial charge in [0, 0.05) is 17.3 Å². The summed E-state index contributed by atoms with van der Waals surface area (Å²) in [4.78, 5) is 12.3. The first-order chi connectivity index (χ1) is 7.18. The summed E-state index contributed by atoms with van der Waals surface area (Å²) in [5.74, 6) is 0.296. The molecule has 0 radical (unpaired) electrons. The summed E-state index contributed by atoms with van der Waals surface area (Å²) in [6.45, 7) is 2.30. The van der Waals surface area contributed by atoms with Gasteiger partial charge in [-0.3, -0.25) is 4.79 Å². The molecule has 0 saturated heterocycles. The van der Waals surface area contributed by atoms with E-state index >= 15 is 0 Å². The van der Waals surface area contributed by atoms with Gasteiger partial charge in [-0.05, 0) is 36.8 Å². The summed E-state index contributed by atoms with van der Waals surface area (Å²) < 4.78 is 0. The Morgan fingerprint density at radius 3 is 3.00 bits per heavy atom. The third kappa shape index (κ3) is 2.58. The normalized spacial score (nSPS) is 17.5. The molecule has 0 aromatic carbocycles. The molecule has 2 rings (SSSR count). The second-order valence-corrected chi connectivity index (χ2v) is 4.95. The Balaban J connectivity index is 1.84. The van der Waals surface area contributed by atoms with E-state index < -0.39 is 6.10 Å². The minimum atomic E-state index is -0.562. The zero-order valence-electron chi connectivity index (χ0n) is 8.69. The van der Waals surface area contributed by atoms with Crippen molar-refractivity contribution in [1.29, 1.82) is 0 Å². The van der Waals surface area contributed by atoms with Crippen LogP contribution in [-0.2, 0) is 4.79 Å². The molecule has 1 saturated carbocycles. The number of aliphatic hydroxyl groups excluding tert-OH is 1. The van der Waals surface area contributed by atoms with Crippen molar-refractivity contribution in [1.82, 2.24) is 5.32 Å². The van der Waals surface area contributed by atoms with Crippen molar-refractivity contribution in [2.45, 2.75) is 25.9 Å². The molecule has 0 aliphatic heterocycles. The van der Waals surface area contributed by atoms with Crippen molar-refractivity contribution in [2.75, 3.05) is 6.54 Å². The van der Waals surface area contributed by atoms with Crippen LogP contribution >= 0.6 is 11.3 Å². The van der Waals surface area contributed by atoms with E-state index in [1.165, 1.54) is 11.3 Å². The molecule has 0 spiro atoms. The lowest BCUT2D eigenvalue weighted by molar-refractivity contribution is -0.122. The van der Waals surface area contributed by atoms with Gasteiger partial charge >= 0.3 is 0 Å². The maximum Gasteiger partial charge on any atom is 0.223 e. The number of thiophene rings is 1. The van der Waals surface area contributed by atoms with E-state index in [0.717, 1.165) is 23.3 Å². The summed E-state index contributed by atoms with van der Waals surface area (Å²) in [7, 11) is 0. The van der Waals surface area contributed by atoms with E-state index in [-0.39, 0.29) is 11.8 Å². The molecule has 0 bridgehead atoms. The number of nitrogens with one attached hydrogen (secondary N) is 1. The summed E-state index contributed by atoms with van der Waals surface area (Å²) in [6, 6.07) is 1.98. The van der Waals surface area contributed by atoms with Gasteiger partial charge in [-0.25, -0.2) is 0 Å². The number of amides is 1. The van der Waals surface area contributed by atoms with E-state index in [1.807, 2.05) is 18.4 Å². The molecular weight excluding hydrogens is 210 g/mol. The minimum absolute atomic E-state index is 0.0864. The lowest BCUT2D eigenvalue weighted by atomic mass is 10.2. The number of aryl methyl sites for hydroxylation is 1. The van der Waals surface area contributed by atoms with Crippen LogP contribution in [0.5, 0.6) is 0 Å². The van der Waals surface area contributed by atoms with Crippen molar-refractivity contribution in [3.63, 3.8) is 0 Å². The highest BCUT2D eigenvalue weighted by atomic mass is 32.1. The van der Waals surface area contributed by atoms with Gasteiger partial charge in [-0.2, -0.15) is 0 Å². The molecule has 1 fully saturated rings. The van der Waals surface area contributed by atoms with E-state index in [4.69, 9.17) is 0 Å². The number of aliphatic hydroxyl groups is 1. The molecule has 1 aliphatic carbocycles. The maximum absolute atomic E-state index is 11.3. The number of carbonyl (C=O) groups is 1. The Kier molecular flexibility index (Phi) is 3.07. The first kappa shape index (κ1) is 10.6. The highest BCUT2D eigenvalue weighted by Gasteiger charge is 2.29. The van der Waals surface area contributed by atoms with Crippen molar-refractivity contribution < 1.29 is 9.90 Å². The van der Waals surface area contributed by atoms with Crippen LogP contribution in [0.15, 0.2) is 11.4 Å². The van der Waals surface area contributed by atoms with Crippen LogP contribution in [0.1, 0.15) is 29.4 Å². The fraction of sp³-hybridized carbons (Fsp3) is 0.545. The lowest BCUT2D eigenvalue weighted by Gasteiger charge is -2.11. The van der Waals surface area contributed by atoms with Crippen LogP contribution in [0.3, 0.4) is 0 Å². The van der Waals surface area contributed by atoms with E-state index in [9.17, 15) is 9.90 Å². The summed E-state index contributed by atoms with van der Waals surface area (Å²) in [6.07, 6.45) is 1.44. The van der Waals surface area contributed by atoms with Crippen molar-refractivity contribution in [3.8, 4) is 0 Å². The molecule has 1 amide bonds. The third-order valence-corrected chi connectivity index (χ3v) is 3.74. The predicted molar refractivity (Wildman–Crippen MR) is 59.7 cm³/mol. The van der Waals surface area contributed by atoms with Crippen LogP contribution in [0.4, 0.5) is 0 Å². The van der Waals surface area contributed by atoms with Crippen molar-refractivity contribution >= 4 is 17.2 Å². The molecule has 1 heterocycles. The Morgan fingerprint density at radius 2 is 2.47 bits per heavy atom. The molecule has 1 aliphatic rings. The molecule has 1 aromatic rings. The van der Waals surface area contributed by atoms with E-state index in [1.54, 1.807) is 0 Å². The van der Waals surface area contributed by atoms with Gasteiger partial charge < -0.3 is 10.4 Å². The Labute approximate surface area is 93.1 Å². The Morgan fingerprint density at radius 1 is 1.73 bits per heavy atom. The largest absolute Gasteiger partial charge is 0.386 e. The Hall–Kier alpha value is -0.870. The quantitative estimate of drug-likeness (QED) is 0.818. The standard InChI is InChI=1S/C11H15NO2S/c1-7-4-5-15-10(7)9(13)6-12-11(14)8-2-3-8/h4-5,8-9,13H,2-3,6H2,1H3,(H,12,14). The van der Waals surface area contributed by atoms with Crippen LogP contribution in [0, 0.1) is 12.8 Å². The van der Waals surface area contributed by atoms with Gasteiger partial charge in [0.15, 0.2) is 0 Å². The highest BCUT2D eigenvalue weighted by Crippen LogP contribution is 2.29. The van der Waals surface area contributed by atoms with Crippen LogP contribution in [0.2, 0.25) is 0 Å². The summed E-state index contributed by atoms with van der Waals surface area (Å²) in [5, 5.41) is 14.6. The van der Waals surface area contributed by atoms with Gasteiger partial charge in [0.1, 0.15) is 6.10 Å². The average molecular weight is 225 g/mol. The zero-order valence-corrected chi connectivity index (χ0v) is 9.51. The Bertz CT molecular complexity index is 357. The molecule has 3 nitrogen and oxygen atoms in total. The van der Waals surface area contributed by atoms with E-state index in [2.05, 4.69) is 5.32 Å². The van der Waals surface area contributed by atoms with Crippen molar-refractivity contribution in [3.05, 3.63) is 21.9 Å². The molecular formula is C11H15NO2S. The molecule has 1 aromatic heterocycles. The molecule has 2 N–H and O–H groups in total. The van der Waals surface area contributed by atoms with Crippen LogP contribution in [-0.4, -0.2) is 17.6 Å². The summed E-state index contributed by atoms with van der Waals surface area (Å²) in [5.41, 5.74) is 1.09. The fourth-order valence-electron chi connectivity index (χ4n) is 1.51. The van der Waals surface area contributed by atoms with Gasteiger partial charge in [-0.15, -0.1) is 11.3 Å². The van der Waals surface area contributed by atoms with Gasteiger partial charge in [-0.1, -0.05) is 0 Å². The average Bonchev–Trinajstić information content (AvgIpc) is 2.98. The fourth-order valence-corrected chi connectivity index (χ4v) is 2.42. The predicted octanol–water partition coefficient (Wildman–Crippen LogP) is 1.62. The minimum Gasteiger partial charge on any atom is -0.386 e. The molecule has 1 atom stereocenters. The highest BCUT2D eigenvalue weighted by molar-refractivity contribution is 7.10. The number of carbonyl (C=O) groups excluding carboxylic acids is 1. The molecule has 1 unspecified atom stereocenters. The molecule has 82 valence electrons. The molecule has 4 heteroatoms. The number of hydrogen-bond acceptors (Lipinski definition) is 3. The maximum atomic E-state index is 11.3. The second-order valence-electron chi connectivity index (χ2n) is 4.00. The third-order valence-electron chi connectivity index (χ3n) is 2.62. The monoisotopic (exact) mass is 225 g/mol. The van der Waals surface area contributed by atoms with Crippen LogP contribution < -0.4 is 5.32 Å². The van der Waals surface area contributed by atoms with E-state index in [0.29, 0.717) is 6.54 Å². The lowest BCUT2D eigenvalue weighted by Crippen LogP contribution is -2.29. The summed E-state index contributed by atoms with van der Waals surface area (Å²) >= 11 is 1.53. The van der Waals surface area contributed by atoms with Gasteiger partial charge in [0.2, 0.25) is 5.91 Å². The topological polar surface area (TPSA) is 49.3 Å². The second kappa shape index (κ2) is 4.33.